The van der Waals surface area contributed by atoms with Crippen LogP contribution in [-0.2, 0) is 9.59 Å². The minimum absolute atomic E-state index is 0.00662. The predicted molar refractivity (Wildman–Crippen MR) is 112 cm³/mol. The third-order valence-corrected chi connectivity index (χ3v) is 5.31. The molecule has 1 saturated heterocycles. The molecule has 4 rings (SSSR count). The fourth-order valence-corrected chi connectivity index (χ4v) is 3.68. The van der Waals surface area contributed by atoms with E-state index in [9.17, 15) is 19.1 Å². The number of ketones is 1. The number of carbonyl (C=O) groups excluding carboxylic acids is 2. The van der Waals surface area contributed by atoms with E-state index in [1.807, 2.05) is 0 Å². The van der Waals surface area contributed by atoms with E-state index < -0.39 is 23.5 Å². The SMILES string of the molecule is O=C1C(=O)N(c2ccc(F)cc2)C(c2ccc(Br)cc2)C1=C(O)c1ccccc1. The first-order chi connectivity index (χ1) is 14.0. The predicted octanol–water partition coefficient (Wildman–Crippen LogP) is 5.21. The number of anilines is 1. The molecule has 1 aliphatic heterocycles. The van der Waals surface area contributed by atoms with Crippen LogP contribution in [0.3, 0.4) is 0 Å². The van der Waals surface area contributed by atoms with Gasteiger partial charge in [0.25, 0.3) is 11.7 Å². The highest BCUT2D eigenvalue weighted by Crippen LogP contribution is 2.42. The van der Waals surface area contributed by atoms with E-state index >= 15 is 0 Å². The number of nitrogens with zero attached hydrogens (tertiary/aromatic N) is 1. The van der Waals surface area contributed by atoms with Gasteiger partial charge < -0.3 is 5.11 Å². The summed E-state index contributed by atoms with van der Waals surface area (Å²) in [5, 5.41) is 10.9. The molecule has 1 amide bonds. The first kappa shape index (κ1) is 19.1. The Balaban J connectivity index is 1.94. The molecule has 1 aliphatic rings. The van der Waals surface area contributed by atoms with Crippen LogP contribution in [0.15, 0.2) is 88.9 Å². The van der Waals surface area contributed by atoms with E-state index in [4.69, 9.17) is 0 Å². The van der Waals surface area contributed by atoms with Crippen LogP contribution >= 0.6 is 15.9 Å². The Labute approximate surface area is 175 Å². The maximum Gasteiger partial charge on any atom is 0.300 e. The van der Waals surface area contributed by atoms with E-state index in [2.05, 4.69) is 15.9 Å². The van der Waals surface area contributed by atoms with Gasteiger partial charge in [0.15, 0.2) is 0 Å². The zero-order valence-corrected chi connectivity index (χ0v) is 16.6. The molecule has 144 valence electrons. The Bertz CT molecular complexity index is 1110. The zero-order valence-electron chi connectivity index (χ0n) is 15.0. The molecule has 0 aliphatic carbocycles. The Morgan fingerprint density at radius 1 is 0.897 bits per heavy atom. The van der Waals surface area contributed by atoms with E-state index in [0.717, 1.165) is 4.47 Å². The van der Waals surface area contributed by atoms with Crippen molar-refractivity contribution < 1.29 is 19.1 Å². The zero-order chi connectivity index (χ0) is 20.5. The van der Waals surface area contributed by atoms with Gasteiger partial charge in [-0.3, -0.25) is 14.5 Å². The lowest BCUT2D eigenvalue weighted by atomic mass is 9.95. The van der Waals surface area contributed by atoms with Crippen LogP contribution in [0.25, 0.3) is 5.76 Å². The van der Waals surface area contributed by atoms with Crippen molar-refractivity contribution in [2.24, 2.45) is 0 Å². The largest absolute Gasteiger partial charge is 0.507 e. The molecule has 0 radical (unpaired) electrons. The van der Waals surface area contributed by atoms with Crippen LogP contribution in [-0.4, -0.2) is 16.8 Å². The maximum atomic E-state index is 13.4. The second kappa shape index (κ2) is 7.64. The van der Waals surface area contributed by atoms with Crippen molar-refractivity contribution in [3.8, 4) is 0 Å². The highest BCUT2D eigenvalue weighted by molar-refractivity contribution is 9.10. The average Bonchev–Trinajstić information content (AvgIpc) is 3.00. The Morgan fingerprint density at radius 3 is 2.14 bits per heavy atom. The fourth-order valence-electron chi connectivity index (χ4n) is 3.41. The number of rotatable bonds is 3. The summed E-state index contributed by atoms with van der Waals surface area (Å²) in [4.78, 5) is 27.1. The highest BCUT2D eigenvalue weighted by Gasteiger charge is 2.46. The van der Waals surface area contributed by atoms with Crippen molar-refractivity contribution in [1.29, 1.82) is 0 Å². The summed E-state index contributed by atoms with van der Waals surface area (Å²) in [6.45, 7) is 0. The number of hydrogen-bond donors (Lipinski definition) is 1. The Kier molecular flexibility index (Phi) is 5.03. The topological polar surface area (TPSA) is 57.6 Å². The summed E-state index contributed by atoms with van der Waals surface area (Å²) in [5.41, 5.74) is 1.45. The molecule has 3 aromatic rings. The van der Waals surface area contributed by atoms with Gasteiger partial charge in [-0.1, -0.05) is 58.4 Å². The molecule has 1 atom stereocenters. The standard InChI is InChI=1S/C23H15BrFNO3/c24-16-8-6-14(7-9-16)20-19(21(27)15-4-2-1-3-5-15)22(28)23(29)26(20)18-12-10-17(25)11-13-18/h1-13,20,27H. The molecule has 0 bridgehead atoms. The molecule has 4 nitrogen and oxygen atoms in total. The Morgan fingerprint density at radius 2 is 1.52 bits per heavy atom. The van der Waals surface area contributed by atoms with Gasteiger partial charge in [-0.05, 0) is 42.0 Å². The molecule has 29 heavy (non-hydrogen) atoms. The fraction of sp³-hybridized carbons (Fsp3) is 0.0435. The summed E-state index contributed by atoms with van der Waals surface area (Å²) >= 11 is 3.38. The number of carbonyl (C=O) groups is 2. The number of aliphatic hydroxyl groups excluding tert-OH is 1. The molecule has 0 spiro atoms. The number of aliphatic hydroxyl groups is 1. The van der Waals surface area contributed by atoms with Crippen molar-refractivity contribution in [3.05, 3.63) is 106 Å². The van der Waals surface area contributed by atoms with Gasteiger partial charge in [0, 0.05) is 15.7 Å². The molecule has 1 unspecified atom stereocenters. The summed E-state index contributed by atoms with van der Waals surface area (Å²) in [5.74, 6) is -2.26. The van der Waals surface area contributed by atoms with Gasteiger partial charge in [-0.25, -0.2) is 4.39 Å². The number of Topliss-reactive ketones (excluding diaryl/α,β-unsaturated/α-hetero) is 1. The number of benzene rings is 3. The molecule has 1 N–H and O–H groups in total. The molecule has 0 saturated carbocycles. The second-order valence-corrected chi connectivity index (χ2v) is 7.48. The van der Waals surface area contributed by atoms with Crippen LogP contribution in [0, 0.1) is 5.82 Å². The van der Waals surface area contributed by atoms with Crippen molar-refractivity contribution in [2.75, 3.05) is 4.90 Å². The molecule has 1 heterocycles. The summed E-state index contributed by atoms with van der Waals surface area (Å²) in [6, 6.07) is 20.2. The normalized spacial score (nSPS) is 18.3. The van der Waals surface area contributed by atoms with Gasteiger partial charge in [-0.15, -0.1) is 0 Å². The van der Waals surface area contributed by atoms with Gasteiger partial charge in [-0.2, -0.15) is 0 Å². The van der Waals surface area contributed by atoms with Crippen LogP contribution in [0.1, 0.15) is 17.2 Å². The van der Waals surface area contributed by atoms with Crippen LogP contribution in [0.4, 0.5) is 10.1 Å². The van der Waals surface area contributed by atoms with E-state index in [1.54, 1.807) is 54.6 Å². The van der Waals surface area contributed by atoms with Crippen molar-refractivity contribution in [2.45, 2.75) is 6.04 Å². The monoisotopic (exact) mass is 451 g/mol. The van der Waals surface area contributed by atoms with Gasteiger partial charge in [0.05, 0.1) is 11.6 Å². The van der Waals surface area contributed by atoms with Gasteiger partial charge in [0.2, 0.25) is 0 Å². The smallest absolute Gasteiger partial charge is 0.300 e. The molecule has 3 aromatic carbocycles. The first-order valence-electron chi connectivity index (χ1n) is 8.85. The third-order valence-electron chi connectivity index (χ3n) is 4.78. The van der Waals surface area contributed by atoms with Gasteiger partial charge >= 0.3 is 0 Å². The number of hydrogen-bond acceptors (Lipinski definition) is 3. The lowest BCUT2D eigenvalue weighted by molar-refractivity contribution is -0.132. The van der Waals surface area contributed by atoms with E-state index in [-0.39, 0.29) is 11.3 Å². The van der Waals surface area contributed by atoms with Crippen molar-refractivity contribution >= 4 is 39.1 Å². The molecule has 1 fully saturated rings. The third kappa shape index (κ3) is 3.47. The van der Waals surface area contributed by atoms with Crippen molar-refractivity contribution in [3.63, 3.8) is 0 Å². The molecule has 0 aromatic heterocycles. The summed E-state index contributed by atoms with van der Waals surface area (Å²) in [6.07, 6.45) is 0. The van der Waals surface area contributed by atoms with Gasteiger partial charge in [0.1, 0.15) is 11.6 Å². The minimum Gasteiger partial charge on any atom is -0.507 e. The minimum atomic E-state index is -0.839. The van der Waals surface area contributed by atoms with E-state index in [0.29, 0.717) is 16.8 Å². The lowest BCUT2D eigenvalue weighted by Crippen LogP contribution is -2.29. The average molecular weight is 452 g/mol. The Hall–Kier alpha value is -3.25. The molecular weight excluding hydrogens is 437 g/mol. The quantitative estimate of drug-likeness (QED) is 0.337. The molecule has 6 heteroatoms. The molecular formula is C23H15BrFNO3. The summed E-state index contributed by atoms with van der Waals surface area (Å²) < 4.78 is 14.2. The lowest BCUT2D eigenvalue weighted by Gasteiger charge is -2.25. The number of halogens is 2. The van der Waals surface area contributed by atoms with E-state index in [1.165, 1.54) is 29.2 Å². The summed E-state index contributed by atoms with van der Waals surface area (Å²) in [7, 11) is 0. The van der Waals surface area contributed by atoms with Crippen LogP contribution < -0.4 is 4.90 Å². The first-order valence-corrected chi connectivity index (χ1v) is 9.64. The van der Waals surface area contributed by atoms with Crippen molar-refractivity contribution in [1.82, 2.24) is 0 Å². The van der Waals surface area contributed by atoms with Crippen LogP contribution in [0.2, 0.25) is 0 Å². The maximum absolute atomic E-state index is 13.4. The highest BCUT2D eigenvalue weighted by atomic mass is 79.9. The van der Waals surface area contributed by atoms with Crippen LogP contribution in [0.5, 0.6) is 0 Å². The number of amides is 1. The second-order valence-electron chi connectivity index (χ2n) is 6.56.